The number of nitrogen functional groups attached to an aromatic ring is 1. The zero-order chi connectivity index (χ0) is 13.0. The Morgan fingerprint density at radius 1 is 1.05 bits per heavy atom. The molecule has 6 heteroatoms. The van der Waals surface area contributed by atoms with Gasteiger partial charge in [0.15, 0.2) is 5.69 Å². The SMILES string of the molecule is Nc1[nH][nH]c(=O)c1N=NC12CC3CC(CC(C3)C1)C2. The van der Waals surface area contributed by atoms with E-state index in [-0.39, 0.29) is 22.6 Å². The molecule has 1 aromatic rings. The quantitative estimate of drug-likeness (QED) is 0.712. The standard InChI is InChI=1S/C13H19N5O/c14-11-10(12(19)17-16-11)15-18-13-4-7-1-8(5-13)3-9(2-7)6-13/h7-9H,1-6H2,(H4,14,16,17,19). The summed E-state index contributed by atoms with van der Waals surface area (Å²) in [5.74, 6) is 2.75. The number of aromatic amines is 2. The van der Waals surface area contributed by atoms with E-state index in [1.807, 2.05) is 0 Å². The van der Waals surface area contributed by atoms with E-state index < -0.39 is 0 Å². The lowest BCUT2D eigenvalue weighted by Gasteiger charge is -2.54. The molecule has 1 heterocycles. The smallest absolute Gasteiger partial charge is 0.293 e. The maximum atomic E-state index is 11.5. The van der Waals surface area contributed by atoms with Crippen LogP contribution in [0.1, 0.15) is 38.5 Å². The number of aromatic nitrogens is 2. The van der Waals surface area contributed by atoms with Crippen LogP contribution in [0.2, 0.25) is 0 Å². The molecule has 4 aliphatic carbocycles. The van der Waals surface area contributed by atoms with Crippen molar-refractivity contribution in [3.63, 3.8) is 0 Å². The molecule has 4 aliphatic rings. The van der Waals surface area contributed by atoms with Crippen LogP contribution in [0, 0.1) is 17.8 Å². The number of nitrogens with one attached hydrogen (secondary N) is 2. The van der Waals surface area contributed by atoms with E-state index in [1.54, 1.807) is 0 Å². The van der Waals surface area contributed by atoms with E-state index in [1.165, 1.54) is 19.3 Å². The Balaban J connectivity index is 1.64. The van der Waals surface area contributed by atoms with Gasteiger partial charge < -0.3 is 5.73 Å². The zero-order valence-electron chi connectivity index (χ0n) is 10.9. The highest BCUT2D eigenvalue weighted by Gasteiger charge is 2.51. The van der Waals surface area contributed by atoms with Gasteiger partial charge in [-0.15, -0.1) is 5.11 Å². The van der Waals surface area contributed by atoms with Crippen LogP contribution in [0.4, 0.5) is 11.5 Å². The summed E-state index contributed by atoms with van der Waals surface area (Å²) < 4.78 is 0. The molecular weight excluding hydrogens is 242 g/mol. The van der Waals surface area contributed by atoms with Crippen LogP contribution in [-0.4, -0.2) is 15.7 Å². The van der Waals surface area contributed by atoms with Crippen LogP contribution in [-0.2, 0) is 0 Å². The number of rotatable bonds is 2. The number of nitrogens with two attached hydrogens (primary N) is 1. The molecule has 6 nitrogen and oxygen atoms in total. The highest BCUT2D eigenvalue weighted by Crippen LogP contribution is 2.57. The van der Waals surface area contributed by atoms with Gasteiger partial charge in [-0.05, 0) is 56.3 Å². The minimum Gasteiger partial charge on any atom is -0.382 e. The van der Waals surface area contributed by atoms with E-state index >= 15 is 0 Å². The Hall–Kier alpha value is -1.59. The zero-order valence-corrected chi connectivity index (χ0v) is 10.9. The van der Waals surface area contributed by atoms with Crippen molar-refractivity contribution in [3.8, 4) is 0 Å². The summed E-state index contributed by atoms with van der Waals surface area (Å²) in [6, 6.07) is 0. The predicted molar refractivity (Wildman–Crippen MR) is 71.2 cm³/mol. The summed E-state index contributed by atoms with van der Waals surface area (Å²) in [4.78, 5) is 11.5. The summed E-state index contributed by atoms with van der Waals surface area (Å²) in [6.07, 6.45) is 7.56. The molecule has 0 saturated heterocycles. The van der Waals surface area contributed by atoms with Crippen molar-refractivity contribution in [2.75, 3.05) is 5.73 Å². The van der Waals surface area contributed by atoms with Gasteiger partial charge in [0.25, 0.3) is 5.56 Å². The third kappa shape index (κ3) is 1.73. The van der Waals surface area contributed by atoms with E-state index in [9.17, 15) is 4.79 Å². The Kier molecular flexibility index (Phi) is 2.20. The fraction of sp³-hybridized carbons (Fsp3) is 0.769. The summed E-state index contributed by atoms with van der Waals surface area (Å²) in [5.41, 5.74) is 5.62. The topological polar surface area (TPSA) is 99.4 Å². The van der Waals surface area contributed by atoms with E-state index in [0.717, 1.165) is 37.0 Å². The summed E-state index contributed by atoms with van der Waals surface area (Å²) in [7, 11) is 0. The van der Waals surface area contributed by atoms with Gasteiger partial charge in [-0.2, -0.15) is 5.11 Å². The molecule has 0 aromatic carbocycles. The summed E-state index contributed by atoms with van der Waals surface area (Å²) in [6.45, 7) is 0. The van der Waals surface area contributed by atoms with Crippen LogP contribution >= 0.6 is 0 Å². The van der Waals surface area contributed by atoms with Crippen LogP contribution in [0.3, 0.4) is 0 Å². The van der Waals surface area contributed by atoms with E-state index in [4.69, 9.17) is 5.73 Å². The molecule has 0 aliphatic heterocycles. The first-order valence-corrected chi connectivity index (χ1v) is 7.12. The molecule has 4 fully saturated rings. The lowest BCUT2D eigenvalue weighted by molar-refractivity contribution is -0.00155. The predicted octanol–water partition coefficient (Wildman–Crippen LogP) is 2.34. The molecule has 1 aromatic heterocycles. The lowest BCUT2D eigenvalue weighted by Crippen LogP contribution is -2.49. The molecule has 0 unspecified atom stereocenters. The molecule has 102 valence electrons. The summed E-state index contributed by atoms with van der Waals surface area (Å²) in [5, 5.41) is 13.8. The van der Waals surface area contributed by atoms with Gasteiger partial charge in [-0.3, -0.25) is 15.0 Å². The first kappa shape index (κ1) is 11.3. The third-order valence-electron chi connectivity index (χ3n) is 5.15. The molecule has 4 N–H and O–H groups in total. The number of anilines is 1. The van der Waals surface area contributed by atoms with Gasteiger partial charge in [0.1, 0.15) is 5.82 Å². The van der Waals surface area contributed by atoms with Crippen molar-refractivity contribution < 1.29 is 0 Å². The number of H-pyrrole nitrogens is 2. The van der Waals surface area contributed by atoms with Crippen molar-refractivity contribution in [3.05, 3.63) is 10.4 Å². The minimum absolute atomic E-state index is 0.00903. The fourth-order valence-corrected chi connectivity index (χ4v) is 4.81. The third-order valence-corrected chi connectivity index (χ3v) is 5.15. The van der Waals surface area contributed by atoms with Gasteiger partial charge in [0, 0.05) is 0 Å². The molecular formula is C13H19N5O. The van der Waals surface area contributed by atoms with Gasteiger partial charge in [-0.25, -0.2) is 0 Å². The van der Waals surface area contributed by atoms with Crippen LogP contribution in [0.15, 0.2) is 15.0 Å². The molecule has 0 spiro atoms. The number of hydrogen-bond donors (Lipinski definition) is 3. The molecule has 0 radical (unpaired) electrons. The minimum atomic E-state index is -0.286. The average molecular weight is 261 g/mol. The normalized spacial score (nSPS) is 40.3. The van der Waals surface area contributed by atoms with Crippen molar-refractivity contribution in [1.82, 2.24) is 10.2 Å². The second kappa shape index (κ2) is 3.71. The number of azo groups is 1. The Morgan fingerprint density at radius 2 is 1.63 bits per heavy atom. The van der Waals surface area contributed by atoms with Crippen LogP contribution in [0.5, 0.6) is 0 Å². The molecule has 4 saturated carbocycles. The molecule has 19 heavy (non-hydrogen) atoms. The first-order chi connectivity index (χ1) is 9.13. The second-order valence-electron chi connectivity index (χ2n) is 6.68. The second-order valence-corrected chi connectivity index (χ2v) is 6.68. The Bertz CT molecular complexity index is 549. The Morgan fingerprint density at radius 3 is 2.11 bits per heavy atom. The molecule has 0 amide bonds. The van der Waals surface area contributed by atoms with Crippen molar-refractivity contribution in [2.24, 2.45) is 28.0 Å². The van der Waals surface area contributed by atoms with Crippen molar-refractivity contribution in [1.29, 1.82) is 0 Å². The number of hydrogen-bond acceptors (Lipinski definition) is 4. The highest BCUT2D eigenvalue weighted by molar-refractivity contribution is 5.54. The average Bonchev–Trinajstić information content (AvgIpc) is 2.65. The van der Waals surface area contributed by atoms with E-state index in [2.05, 4.69) is 20.4 Å². The van der Waals surface area contributed by atoms with Crippen molar-refractivity contribution in [2.45, 2.75) is 44.1 Å². The maximum absolute atomic E-state index is 11.5. The largest absolute Gasteiger partial charge is 0.382 e. The highest BCUT2D eigenvalue weighted by atomic mass is 16.1. The number of nitrogens with zero attached hydrogens (tertiary/aromatic N) is 2. The van der Waals surface area contributed by atoms with Crippen LogP contribution in [0.25, 0.3) is 0 Å². The Labute approximate surface area is 110 Å². The molecule has 5 rings (SSSR count). The van der Waals surface area contributed by atoms with Gasteiger partial charge >= 0.3 is 0 Å². The monoisotopic (exact) mass is 261 g/mol. The van der Waals surface area contributed by atoms with Gasteiger partial charge in [-0.1, -0.05) is 0 Å². The van der Waals surface area contributed by atoms with E-state index in [0.29, 0.717) is 0 Å². The van der Waals surface area contributed by atoms with Crippen LogP contribution < -0.4 is 11.3 Å². The molecule has 4 bridgehead atoms. The molecule has 0 atom stereocenters. The van der Waals surface area contributed by atoms with Crippen molar-refractivity contribution >= 4 is 11.5 Å². The lowest BCUT2D eigenvalue weighted by atomic mass is 9.53. The summed E-state index contributed by atoms with van der Waals surface area (Å²) >= 11 is 0. The first-order valence-electron chi connectivity index (χ1n) is 7.12. The maximum Gasteiger partial charge on any atom is 0.293 e. The fourth-order valence-electron chi connectivity index (χ4n) is 4.81. The van der Waals surface area contributed by atoms with Gasteiger partial charge in [0.2, 0.25) is 0 Å². The van der Waals surface area contributed by atoms with Gasteiger partial charge in [0.05, 0.1) is 5.54 Å².